The second-order valence-electron chi connectivity index (χ2n) is 5.08. The number of nitrogens with one attached hydrogen (secondary N) is 1. The molecule has 3 rings (SSSR count). The standard InChI is InChI=1S/C14H15Cl2N3O/c15-11-6-3-5-10-12(11)18-14(16)19(13(10)20)8-9-4-1-2-7-17-9/h3,5-6,9,17H,1-2,4,7-8H2. The largest absolute Gasteiger partial charge is 0.312 e. The van der Waals surface area contributed by atoms with E-state index in [1.165, 1.54) is 17.4 Å². The lowest BCUT2D eigenvalue weighted by Crippen LogP contribution is -2.40. The fourth-order valence-electron chi connectivity index (χ4n) is 2.64. The molecule has 1 aliphatic rings. The van der Waals surface area contributed by atoms with Crippen LogP contribution in [0.1, 0.15) is 19.3 Å². The van der Waals surface area contributed by atoms with E-state index in [4.69, 9.17) is 23.2 Å². The predicted octanol–water partition coefficient (Wildman–Crippen LogP) is 2.85. The molecule has 0 saturated carbocycles. The van der Waals surface area contributed by atoms with Crippen LogP contribution in [0, 0.1) is 0 Å². The molecular weight excluding hydrogens is 297 g/mol. The first kappa shape index (κ1) is 13.9. The predicted molar refractivity (Wildman–Crippen MR) is 81.7 cm³/mol. The van der Waals surface area contributed by atoms with Gasteiger partial charge in [-0.3, -0.25) is 9.36 Å². The molecule has 2 aromatic rings. The van der Waals surface area contributed by atoms with Crippen LogP contribution in [0.5, 0.6) is 0 Å². The Morgan fingerprint density at radius 2 is 2.20 bits per heavy atom. The van der Waals surface area contributed by atoms with Crippen LogP contribution in [0.25, 0.3) is 10.9 Å². The zero-order chi connectivity index (χ0) is 14.1. The van der Waals surface area contributed by atoms with Gasteiger partial charge in [0.1, 0.15) is 0 Å². The number of hydrogen-bond acceptors (Lipinski definition) is 3. The van der Waals surface area contributed by atoms with E-state index in [2.05, 4.69) is 10.3 Å². The van der Waals surface area contributed by atoms with Gasteiger partial charge in [0, 0.05) is 12.6 Å². The fraction of sp³-hybridized carbons (Fsp3) is 0.429. The van der Waals surface area contributed by atoms with Gasteiger partial charge in [0.25, 0.3) is 5.56 Å². The Labute approximate surface area is 126 Å². The number of nitrogens with zero attached hydrogens (tertiary/aromatic N) is 2. The van der Waals surface area contributed by atoms with Gasteiger partial charge in [-0.1, -0.05) is 24.1 Å². The maximum absolute atomic E-state index is 12.5. The average molecular weight is 312 g/mol. The summed E-state index contributed by atoms with van der Waals surface area (Å²) < 4.78 is 1.53. The van der Waals surface area contributed by atoms with Crippen molar-refractivity contribution in [2.45, 2.75) is 31.8 Å². The second-order valence-corrected chi connectivity index (χ2v) is 5.82. The summed E-state index contributed by atoms with van der Waals surface area (Å²) in [5.41, 5.74) is 0.340. The van der Waals surface area contributed by atoms with Crippen LogP contribution in [-0.4, -0.2) is 22.1 Å². The summed E-state index contributed by atoms with van der Waals surface area (Å²) in [4.78, 5) is 16.8. The van der Waals surface area contributed by atoms with Crippen molar-refractivity contribution in [1.82, 2.24) is 14.9 Å². The minimum Gasteiger partial charge on any atom is -0.312 e. The maximum atomic E-state index is 12.5. The Bertz CT molecular complexity index is 693. The Morgan fingerprint density at radius 3 is 2.95 bits per heavy atom. The Kier molecular flexibility index (Phi) is 3.96. The molecule has 0 aliphatic carbocycles. The normalized spacial score (nSPS) is 19.4. The van der Waals surface area contributed by atoms with Crippen LogP contribution in [0.4, 0.5) is 0 Å². The highest BCUT2D eigenvalue weighted by Crippen LogP contribution is 2.21. The molecular formula is C14H15Cl2N3O. The summed E-state index contributed by atoms with van der Waals surface area (Å²) in [5, 5.41) is 4.57. The molecule has 1 saturated heterocycles. The average Bonchev–Trinajstić information content (AvgIpc) is 2.46. The summed E-state index contributed by atoms with van der Waals surface area (Å²) in [5.74, 6) is 0. The summed E-state index contributed by atoms with van der Waals surface area (Å²) in [6.45, 7) is 1.54. The molecule has 1 aromatic carbocycles. The van der Waals surface area contributed by atoms with Crippen molar-refractivity contribution in [3.63, 3.8) is 0 Å². The van der Waals surface area contributed by atoms with Gasteiger partial charge < -0.3 is 5.32 Å². The van der Waals surface area contributed by atoms with Gasteiger partial charge in [-0.25, -0.2) is 4.98 Å². The number of halogens is 2. The van der Waals surface area contributed by atoms with E-state index in [0.29, 0.717) is 22.5 Å². The van der Waals surface area contributed by atoms with Crippen molar-refractivity contribution in [3.05, 3.63) is 38.9 Å². The molecule has 0 bridgehead atoms. The van der Waals surface area contributed by atoms with Gasteiger partial charge in [-0.15, -0.1) is 0 Å². The molecule has 6 heteroatoms. The lowest BCUT2D eigenvalue weighted by Gasteiger charge is -2.24. The lowest BCUT2D eigenvalue weighted by atomic mass is 10.1. The quantitative estimate of drug-likeness (QED) is 0.868. The molecule has 1 aromatic heterocycles. The zero-order valence-electron chi connectivity index (χ0n) is 10.9. The van der Waals surface area contributed by atoms with Crippen LogP contribution in [-0.2, 0) is 6.54 Å². The number of piperidine rings is 1. The zero-order valence-corrected chi connectivity index (χ0v) is 12.4. The van der Waals surface area contributed by atoms with Crippen molar-refractivity contribution < 1.29 is 0 Å². The van der Waals surface area contributed by atoms with Crippen LogP contribution >= 0.6 is 23.2 Å². The summed E-state index contributed by atoms with van der Waals surface area (Å²) in [7, 11) is 0. The molecule has 0 amide bonds. The molecule has 1 atom stereocenters. The topological polar surface area (TPSA) is 46.9 Å². The van der Waals surface area contributed by atoms with E-state index >= 15 is 0 Å². The minimum atomic E-state index is -0.130. The molecule has 106 valence electrons. The highest BCUT2D eigenvalue weighted by atomic mass is 35.5. The molecule has 2 heterocycles. The minimum absolute atomic E-state index is 0.130. The third kappa shape index (κ3) is 2.55. The first-order chi connectivity index (χ1) is 9.66. The Morgan fingerprint density at radius 1 is 1.35 bits per heavy atom. The Hall–Kier alpha value is -1.10. The first-order valence-corrected chi connectivity index (χ1v) is 7.50. The van der Waals surface area contributed by atoms with Gasteiger partial charge in [0.05, 0.1) is 15.9 Å². The third-order valence-corrected chi connectivity index (χ3v) is 4.30. The molecule has 1 unspecified atom stereocenters. The number of hydrogen-bond donors (Lipinski definition) is 1. The number of aromatic nitrogens is 2. The van der Waals surface area contributed by atoms with Crippen molar-refractivity contribution in [2.24, 2.45) is 0 Å². The van der Waals surface area contributed by atoms with E-state index < -0.39 is 0 Å². The first-order valence-electron chi connectivity index (χ1n) is 6.75. The van der Waals surface area contributed by atoms with E-state index in [1.54, 1.807) is 18.2 Å². The monoisotopic (exact) mass is 311 g/mol. The van der Waals surface area contributed by atoms with Crippen LogP contribution < -0.4 is 10.9 Å². The van der Waals surface area contributed by atoms with Crippen LogP contribution in [0.15, 0.2) is 23.0 Å². The fourth-order valence-corrected chi connectivity index (χ4v) is 3.09. The number of fused-ring (bicyclic) bond motifs is 1. The highest BCUT2D eigenvalue weighted by molar-refractivity contribution is 6.35. The van der Waals surface area contributed by atoms with Crippen LogP contribution in [0.2, 0.25) is 10.3 Å². The van der Waals surface area contributed by atoms with Crippen molar-refractivity contribution in [3.8, 4) is 0 Å². The second kappa shape index (κ2) is 5.72. The number of rotatable bonds is 2. The molecule has 0 radical (unpaired) electrons. The molecule has 4 nitrogen and oxygen atoms in total. The lowest BCUT2D eigenvalue weighted by molar-refractivity contribution is 0.359. The molecule has 0 spiro atoms. The molecule has 1 fully saturated rings. The third-order valence-electron chi connectivity index (χ3n) is 3.70. The van der Waals surface area contributed by atoms with Crippen molar-refractivity contribution in [1.29, 1.82) is 0 Å². The van der Waals surface area contributed by atoms with Crippen molar-refractivity contribution in [2.75, 3.05) is 6.54 Å². The van der Waals surface area contributed by atoms with Gasteiger partial charge >= 0.3 is 0 Å². The summed E-state index contributed by atoms with van der Waals surface area (Å²) >= 11 is 12.2. The molecule has 20 heavy (non-hydrogen) atoms. The van der Waals surface area contributed by atoms with E-state index in [1.807, 2.05) is 0 Å². The Balaban J connectivity index is 2.04. The SMILES string of the molecule is O=c1c2cccc(Cl)c2nc(Cl)n1CC1CCCCN1. The van der Waals surface area contributed by atoms with E-state index in [9.17, 15) is 4.79 Å². The highest BCUT2D eigenvalue weighted by Gasteiger charge is 2.17. The summed E-state index contributed by atoms with van der Waals surface area (Å²) in [6, 6.07) is 5.47. The van der Waals surface area contributed by atoms with Crippen LogP contribution in [0.3, 0.4) is 0 Å². The van der Waals surface area contributed by atoms with Gasteiger partial charge in [-0.2, -0.15) is 0 Å². The maximum Gasteiger partial charge on any atom is 0.262 e. The van der Waals surface area contributed by atoms with E-state index in [0.717, 1.165) is 13.0 Å². The van der Waals surface area contributed by atoms with Gasteiger partial charge in [0.2, 0.25) is 5.28 Å². The van der Waals surface area contributed by atoms with Gasteiger partial charge in [0.15, 0.2) is 0 Å². The summed E-state index contributed by atoms with van der Waals surface area (Å²) in [6.07, 6.45) is 3.41. The number of para-hydroxylation sites is 1. The number of benzene rings is 1. The van der Waals surface area contributed by atoms with Crippen molar-refractivity contribution >= 4 is 34.1 Å². The van der Waals surface area contributed by atoms with Gasteiger partial charge in [-0.05, 0) is 43.1 Å². The molecule has 1 aliphatic heterocycles. The molecule has 1 N–H and O–H groups in total. The smallest absolute Gasteiger partial charge is 0.262 e. The van der Waals surface area contributed by atoms with E-state index in [-0.39, 0.29) is 16.9 Å².